The molecular formula is C9H15NO. The molecule has 0 aliphatic heterocycles. The molecular weight excluding hydrogens is 138 g/mol. The standard InChI is InChI=1S/C9H15NO/c1-3-7-5-8(6-7)10-9(11)4-2/h4,7-8H,2-3,5-6H2,1H3,(H,10,11). The molecule has 0 aromatic carbocycles. The Labute approximate surface area is 67.7 Å². The number of amides is 1. The van der Waals surface area contributed by atoms with E-state index in [2.05, 4.69) is 18.8 Å². The van der Waals surface area contributed by atoms with Gasteiger partial charge in [-0.05, 0) is 24.8 Å². The summed E-state index contributed by atoms with van der Waals surface area (Å²) >= 11 is 0. The van der Waals surface area contributed by atoms with Crippen LogP contribution >= 0.6 is 0 Å². The van der Waals surface area contributed by atoms with Gasteiger partial charge in [0.1, 0.15) is 0 Å². The molecule has 0 aromatic rings. The summed E-state index contributed by atoms with van der Waals surface area (Å²) in [5, 5.41) is 2.87. The molecule has 1 saturated carbocycles. The fourth-order valence-corrected chi connectivity index (χ4v) is 1.45. The van der Waals surface area contributed by atoms with Crippen molar-refractivity contribution in [1.82, 2.24) is 5.32 Å². The second-order valence-electron chi connectivity index (χ2n) is 3.16. The largest absolute Gasteiger partial charge is 0.350 e. The summed E-state index contributed by atoms with van der Waals surface area (Å²) in [6.07, 6.45) is 4.87. The Morgan fingerprint density at radius 1 is 1.73 bits per heavy atom. The summed E-state index contributed by atoms with van der Waals surface area (Å²) in [6.45, 7) is 5.59. The van der Waals surface area contributed by atoms with E-state index in [1.807, 2.05) is 0 Å². The van der Waals surface area contributed by atoms with Crippen LogP contribution in [0.4, 0.5) is 0 Å². The van der Waals surface area contributed by atoms with Gasteiger partial charge in [0.15, 0.2) is 0 Å². The van der Waals surface area contributed by atoms with Gasteiger partial charge >= 0.3 is 0 Å². The zero-order valence-electron chi connectivity index (χ0n) is 6.97. The molecule has 0 saturated heterocycles. The van der Waals surface area contributed by atoms with Crippen LogP contribution in [0.5, 0.6) is 0 Å². The van der Waals surface area contributed by atoms with E-state index in [0.717, 1.165) is 18.8 Å². The molecule has 1 amide bonds. The van der Waals surface area contributed by atoms with E-state index >= 15 is 0 Å². The van der Waals surface area contributed by atoms with Gasteiger partial charge in [0.05, 0.1) is 0 Å². The zero-order valence-corrected chi connectivity index (χ0v) is 6.97. The Hall–Kier alpha value is -0.790. The fraction of sp³-hybridized carbons (Fsp3) is 0.667. The molecule has 1 aliphatic rings. The minimum Gasteiger partial charge on any atom is -0.350 e. The number of rotatable bonds is 3. The van der Waals surface area contributed by atoms with Crippen LogP contribution in [0, 0.1) is 5.92 Å². The first-order valence-electron chi connectivity index (χ1n) is 4.19. The molecule has 2 nitrogen and oxygen atoms in total. The number of hydrogen-bond acceptors (Lipinski definition) is 1. The molecule has 1 fully saturated rings. The highest BCUT2D eigenvalue weighted by molar-refractivity contribution is 5.87. The van der Waals surface area contributed by atoms with Gasteiger partial charge in [0, 0.05) is 6.04 Å². The lowest BCUT2D eigenvalue weighted by Crippen LogP contribution is -2.43. The molecule has 62 valence electrons. The maximum absolute atomic E-state index is 10.8. The second kappa shape index (κ2) is 3.56. The maximum atomic E-state index is 10.8. The molecule has 0 spiro atoms. The van der Waals surface area contributed by atoms with Crippen LogP contribution in [0.3, 0.4) is 0 Å². The second-order valence-corrected chi connectivity index (χ2v) is 3.16. The van der Waals surface area contributed by atoms with Crippen molar-refractivity contribution >= 4 is 5.91 Å². The van der Waals surface area contributed by atoms with Crippen molar-refractivity contribution < 1.29 is 4.79 Å². The van der Waals surface area contributed by atoms with Crippen molar-refractivity contribution in [2.45, 2.75) is 32.2 Å². The van der Waals surface area contributed by atoms with Crippen LogP contribution in [0.15, 0.2) is 12.7 Å². The van der Waals surface area contributed by atoms with Crippen LogP contribution in [-0.2, 0) is 4.79 Å². The van der Waals surface area contributed by atoms with Crippen LogP contribution in [0.25, 0.3) is 0 Å². The van der Waals surface area contributed by atoms with Crippen molar-refractivity contribution in [1.29, 1.82) is 0 Å². The summed E-state index contributed by atoms with van der Waals surface area (Å²) in [4.78, 5) is 10.8. The number of nitrogens with one attached hydrogen (secondary N) is 1. The minimum absolute atomic E-state index is 0.0375. The highest BCUT2D eigenvalue weighted by Gasteiger charge is 2.27. The predicted octanol–water partition coefficient (Wildman–Crippen LogP) is 1.48. The van der Waals surface area contributed by atoms with E-state index < -0.39 is 0 Å². The Bertz CT molecular complexity index is 159. The molecule has 1 aliphatic carbocycles. The maximum Gasteiger partial charge on any atom is 0.243 e. The van der Waals surface area contributed by atoms with E-state index in [-0.39, 0.29) is 5.91 Å². The topological polar surface area (TPSA) is 29.1 Å². The zero-order chi connectivity index (χ0) is 8.27. The Morgan fingerprint density at radius 2 is 2.36 bits per heavy atom. The molecule has 1 rings (SSSR count). The lowest BCUT2D eigenvalue weighted by Gasteiger charge is -2.34. The van der Waals surface area contributed by atoms with Crippen LogP contribution in [-0.4, -0.2) is 11.9 Å². The first kappa shape index (κ1) is 8.31. The Kier molecular flexibility index (Phi) is 2.69. The van der Waals surface area contributed by atoms with Crippen molar-refractivity contribution in [2.24, 2.45) is 5.92 Å². The van der Waals surface area contributed by atoms with E-state index in [9.17, 15) is 4.79 Å². The van der Waals surface area contributed by atoms with Gasteiger partial charge < -0.3 is 5.32 Å². The van der Waals surface area contributed by atoms with Crippen molar-refractivity contribution in [2.75, 3.05) is 0 Å². The smallest absolute Gasteiger partial charge is 0.243 e. The number of carbonyl (C=O) groups excluding carboxylic acids is 1. The summed E-state index contributed by atoms with van der Waals surface area (Å²) in [7, 11) is 0. The lowest BCUT2D eigenvalue weighted by molar-refractivity contribution is -0.118. The van der Waals surface area contributed by atoms with Crippen molar-refractivity contribution in [3.63, 3.8) is 0 Å². The monoisotopic (exact) mass is 153 g/mol. The van der Waals surface area contributed by atoms with E-state index in [0.29, 0.717) is 6.04 Å². The normalized spacial score (nSPS) is 28.8. The molecule has 0 atom stereocenters. The van der Waals surface area contributed by atoms with Gasteiger partial charge in [-0.15, -0.1) is 0 Å². The van der Waals surface area contributed by atoms with Gasteiger partial charge in [0.25, 0.3) is 0 Å². The van der Waals surface area contributed by atoms with E-state index in [1.165, 1.54) is 12.5 Å². The van der Waals surface area contributed by atoms with Gasteiger partial charge in [-0.1, -0.05) is 19.9 Å². The Balaban J connectivity index is 2.13. The third-order valence-electron chi connectivity index (χ3n) is 2.34. The van der Waals surface area contributed by atoms with E-state index in [1.54, 1.807) is 0 Å². The summed E-state index contributed by atoms with van der Waals surface area (Å²) in [5.74, 6) is 0.801. The molecule has 11 heavy (non-hydrogen) atoms. The molecule has 0 aromatic heterocycles. The van der Waals surface area contributed by atoms with Gasteiger partial charge in [-0.25, -0.2) is 0 Å². The van der Waals surface area contributed by atoms with E-state index in [4.69, 9.17) is 0 Å². The van der Waals surface area contributed by atoms with Crippen molar-refractivity contribution in [3.8, 4) is 0 Å². The highest BCUT2D eigenvalue weighted by atomic mass is 16.1. The quantitative estimate of drug-likeness (QED) is 0.611. The molecule has 0 unspecified atom stereocenters. The number of hydrogen-bond donors (Lipinski definition) is 1. The summed E-state index contributed by atoms with van der Waals surface area (Å²) in [5.41, 5.74) is 0. The molecule has 0 bridgehead atoms. The van der Waals surface area contributed by atoms with Crippen LogP contribution in [0.1, 0.15) is 26.2 Å². The van der Waals surface area contributed by atoms with Gasteiger partial charge in [-0.3, -0.25) is 4.79 Å². The molecule has 0 heterocycles. The number of carbonyl (C=O) groups is 1. The fourth-order valence-electron chi connectivity index (χ4n) is 1.45. The summed E-state index contributed by atoms with van der Waals surface area (Å²) < 4.78 is 0. The average molecular weight is 153 g/mol. The van der Waals surface area contributed by atoms with Gasteiger partial charge in [-0.2, -0.15) is 0 Å². The molecule has 1 N–H and O–H groups in total. The minimum atomic E-state index is -0.0375. The van der Waals surface area contributed by atoms with Crippen molar-refractivity contribution in [3.05, 3.63) is 12.7 Å². The SMILES string of the molecule is C=CC(=O)NC1CC(CC)C1. The molecule has 2 heteroatoms. The lowest BCUT2D eigenvalue weighted by atomic mass is 9.79. The summed E-state index contributed by atoms with van der Waals surface area (Å²) in [6, 6.07) is 0.422. The molecule has 0 radical (unpaired) electrons. The average Bonchev–Trinajstić information content (AvgIpc) is 1.95. The first-order valence-corrected chi connectivity index (χ1v) is 4.19. The third-order valence-corrected chi connectivity index (χ3v) is 2.34. The third kappa shape index (κ3) is 2.07. The highest BCUT2D eigenvalue weighted by Crippen LogP contribution is 2.29. The van der Waals surface area contributed by atoms with Gasteiger partial charge in [0.2, 0.25) is 5.91 Å². The van der Waals surface area contributed by atoms with Crippen LogP contribution < -0.4 is 5.32 Å². The first-order chi connectivity index (χ1) is 5.26. The Morgan fingerprint density at radius 3 is 2.82 bits per heavy atom. The van der Waals surface area contributed by atoms with Crippen LogP contribution in [0.2, 0.25) is 0 Å². The predicted molar refractivity (Wildman–Crippen MR) is 45.1 cm³/mol.